The molecule has 0 radical (unpaired) electrons. The molecule has 3 aromatic rings. The number of rotatable bonds is 7. The van der Waals surface area contributed by atoms with Gasteiger partial charge in [-0.15, -0.1) is 0 Å². The zero-order chi connectivity index (χ0) is 23.4. The summed E-state index contributed by atoms with van der Waals surface area (Å²) in [6.07, 6.45) is 4.82. The largest absolute Gasteiger partial charge is 0.437 e. The summed E-state index contributed by atoms with van der Waals surface area (Å²) in [5.41, 5.74) is 7.06. The van der Waals surface area contributed by atoms with E-state index in [9.17, 15) is 14.9 Å². The number of halogens is 1. The van der Waals surface area contributed by atoms with E-state index in [2.05, 4.69) is 36.1 Å². The molecule has 2 heterocycles. The Labute approximate surface area is 198 Å². The highest BCUT2D eigenvalue weighted by molar-refractivity contribution is 9.10. The lowest BCUT2D eigenvalue weighted by molar-refractivity contribution is -0.384. The fourth-order valence-electron chi connectivity index (χ4n) is 3.58. The summed E-state index contributed by atoms with van der Waals surface area (Å²) >= 11 is 3.63. The molecule has 1 amide bonds. The Bertz CT molecular complexity index is 1200. The van der Waals surface area contributed by atoms with Gasteiger partial charge in [0, 0.05) is 29.3 Å². The van der Waals surface area contributed by atoms with Crippen molar-refractivity contribution >= 4 is 44.7 Å². The van der Waals surface area contributed by atoms with E-state index >= 15 is 0 Å². The summed E-state index contributed by atoms with van der Waals surface area (Å²) in [6.45, 7) is 2.03. The second-order valence-corrected chi connectivity index (χ2v) is 8.32. The molecule has 11 heteroatoms. The van der Waals surface area contributed by atoms with Crippen LogP contribution < -0.4 is 20.7 Å². The van der Waals surface area contributed by atoms with Crippen molar-refractivity contribution in [1.29, 1.82) is 0 Å². The van der Waals surface area contributed by atoms with E-state index in [1.807, 2.05) is 18.2 Å². The van der Waals surface area contributed by atoms with Gasteiger partial charge in [-0.25, -0.2) is 4.98 Å². The van der Waals surface area contributed by atoms with Crippen LogP contribution in [0.3, 0.4) is 0 Å². The standard InChI is InChI=1S/C22H21BrN6O4/c23-17-11-14(7-8-18(17)28-9-2-1-3-10-28)26-22-20(21(24)30)25-13-19(27-22)33-16-6-4-5-15(12-16)29(31)32/h4-8,11-13H,1-3,9-10H2,(H2,24,30)(H,26,27). The maximum Gasteiger partial charge on any atom is 0.273 e. The Morgan fingerprint density at radius 1 is 1.18 bits per heavy atom. The molecule has 0 atom stereocenters. The van der Waals surface area contributed by atoms with E-state index < -0.39 is 10.8 Å². The van der Waals surface area contributed by atoms with Gasteiger partial charge >= 0.3 is 0 Å². The Hall–Kier alpha value is -3.73. The summed E-state index contributed by atoms with van der Waals surface area (Å²) in [5, 5.41) is 14.1. The average molecular weight is 513 g/mol. The Morgan fingerprint density at radius 3 is 2.67 bits per heavy atom. The number of aromatic nitrogens is 2. The number of primary amides is 1. The number of anilines is 3. The summed E-state index contributed by atoms with van der Waals surface area (Å²) in [4.78, 5) is 33.0. The number of carbonyl (C=O) groups is 1. The van der Waals surface area contributed by atoms with Gasteiger partial charge in [-0.3, -0.25) is 14.9 Å². The average Bonchev–Trinajstić information content (AvgIpc) is 2.80. The molecule has 0 spiro atoms. The molecule has 0 unspecified atom stereocenters. The number of nitro groups is 1. The fraction of sp³-hybridized carbons (Fsp3) is 0.227. The van der Waals surface area contributed by atoms with Crippen molar-refractivity contribution in [2.45, 2.75) is 19.3 Å². The fourth-order valence-corrected chi connectivity index (χ4v) is 4.21. The van der Waals surface area contributed by atoms with Crippen molar-refractivity contribution in [2.24, 2.45) is 5.73 Å². The monoisotopic (exact) mass is 512 g/mol. The Kier molecular flexibility index (Phi) is 6.68. The molecule has 1 saturated heterocycles. The summed E-state index contributed by atoms with van der Waals surface area (Å²) in [6, 6.07) is 11.5. The van der Waals surface area contributed by atoms with Crippen LogP contribution in [0.15, 0.2) is 53.1 Å². The molecule has 1 fully saturated rings. The van der Waals surface area contributed by atoms with E-state index in [1.165, 1.54) is 43.7 Å². The lowest BCUT2D eigenvalue weighted by Gasteiger charge is -2.29. The van der Waals surface area contributed by atoms with Gasteiger partial charge < -0.3 is 20.7 Å². The van der Waals surface area contributed by atoms with Crippen molar-refractivity contribution in [1.82, 2.24) is 9.97 Å². The number of nitrogens with one attached hydrogen (secondary N) is 1. The minimum absolute atomic E-state index is 0.0481. The zero-order valence-electron chi connectivity index (χ0n) is 17.5. The molecule has 0 saturated carbocycles. The number of hydrogen-bond acceptors (Lipinski definition) is 8. The minimum Gasteiger partial charge on any atom is -0.437 e. The third kappa shape index (κ3) is 5.37. The number of benzene rings is 2. The first-order valence-corrected chi connectivity index (χ1v) is 11.1. The molecular weight excluding hydrogens is 492 g/mol. The highest BCUT2D eigenvalue weighted by Gasteiger charge is 2.17. The van der Waals surface area contributed by atoms with E-state index in [-0.39, 0.29) is 28.8 Å². The summed E-state index contributed by atoms with van der Waals surface area (Å²) in [5.74, 6) is -0.379. The van der Waals surface area contributed by atoms with Crippen LogP contribution in [0.2, 0.25) is 0 Å². The van der Waals surface area contributed by atoms with Crippen LogP contribution in [0.4, 0.5) is 22.9 Å². The summed E-state index contributed by atoms with van der Waals surface area (Å²) in [7, 11) is 0. The minimum atomic E-state index is -0.754. The van der Waals surface area contributed by atoms with Crippen LogP contribution in [0.1, 0.15) is 29.8 Å². The summed E-state index contributed by atoms with van der Waals surface area (Å²) < 4.78 is 6.53. The number of hydrogen-bond donors (Lipinski definition) is 2. The number of non-ortho nitro benzene ring substituents is 1. The molecule has 0 bridgehead atoms. The molecule has 3 N–H and O–H groups in total. The normalized spacial score (nSPS) is 13.4. The second-order valence-electron chi connectivity index (χ2n) is 7.47. The number of nitrogens with zero attached hydrogens (tertiary/aromatic N) is 4. The van der Waals surface area contributed by atoms with Gasteiger partial charge in [0.2, 0.25) is 5.88 Å². The van der Waals surface area contributed by atoms with Gasteiger partial charge in [0.05, 0.1) is 22.9 Å². The highest BCUT2D eigenvalue weighted by atomic mass is 79.9. The van der Waals surface area contributed by atoms with Gasteiger partial charge in [-0.05, 0) is 59.5 Å². The smallest absolute Gasteiger partial charge is 0.273 e. The number of piperidine rings is 1. The second kappa shape index (κ2) is 9.82. The molecule has 10 nitrogen and oxygen atoms in total. The predicted molar refractivity (Wildman–Crippen MR) is 127 cm³/mol. The van der Waals surface area contributed by atoms with Crippen LogP contribution in [0, 0.1) is 10.1 Å². The lowest BCUT2D eigenvalue weighted by atomic mass is 10.1. The van der Waals surface area contributed by atoms with Gasteiger partial charge in [0.15, 0.2) is 11.5 Å². The van der Waals surface area contributed by atoms with Crippen molar-refractivity contribution in [3.05, 3.63) is 68.9 Å². The van der Waals surface area contributed by atoms with Gasteiger partial charge in [0.25, 0.3) is 11.6 Å². The van der Waals surface area contributed by atoms with Gasteiger partial charge in [0.1, 0.15) is 5.75 Å². The Balaban J connectivity index is 1.58. The van der Waals surface area contributed by atoms with E-state index in [0.717, 1.165) is 23.2 Å². The van der Waals surface area contributed by atoms with Crippen LogP contribution in [0.5, 0.6) is 11.6 Å². The molecule has 33 heavy (non-hydrogen) atoms. The van der Waals surface area contributed by atoms with Gasteiger partial charge in [-0.1, -0.05) is 6.07 Å². The molecule has 1 aliphatic rings. The third-order valence-corrected chi connectivity index (χ3v) is 5.78. The first-order chi connectivity index (χ1) is 15.9. The molecule has 4 rings (SSSR count). The first kappa shape index (κ1) is 22.5. The molecular formula is C22H21BrN6O4. The SMILES string of the molecule is NC(=O)c1ncc(Oc2cccc([N+](=O)[O-])c2)nc1Nc1ccc(N2CCCCC2)c(Br)c1. The Morgan fingerprint density at radius 2 is 1.97 bits per heavy atom. The lowest BCUT2D eigenvalue weighted by Crippen LogP contribution is -2.29. The maximum atomic E-state index is 11.9. The van der Waals surface area contributed by atoms with E-state index in [1.54, 1.807) is 6.07 Å². The zero-order valence-corrected chi connectivity index (χ0v) is 19.1. The topological polar surface area (TPSA) is 137 Å². The first-order valence-electron chi connectivity index (χ1n) is 10.3. The van der Waals surface area contributed by atoms with Crippen molar-refractivity contribution in [3.63, 3.8) is 0 Å². The van der Waals surface area contributed by atoms with Crippen molar-refractivity contribution in [2.75, 3.05) is 23.3 Å². The molecule has 2 aromatic carbocycles. The molecule has 0 aliphatic carbocycles. The number of amides is 1. The quantitative estimate of drug-likeness (QED) is 0.341. The number of carbonyl (C=O) groups excluding carboxylic acids is 1. The van der Waals surface area contributed by atoms with E-state index in [4.69, 9.17) is 10.5 Å². The van der Waals surface area contributed by atoms with Crippen LogP contribution >= 0.6 is 15.9 Å². The molecule has 1 aliphatic heterocycles. The molecule has 170 valence electrons. The van der Waals surface area contributed by atoms with Gasteiger partial charge in [-0.2, -0.15) is 4.98 Å². The number of ether oxygens (including phenoxy) is 1. The predicted octanol–water partition coefficient (Wildman–Crippen LogP) is 4.77. The van der Waals surface area contributed by atoms with Crippen molar-refractivity contribution in [3.8, 4) is 11.6 Å². The third-order valence-electron chi connectivity index (χ3n) is 5.14. The van der Waals surface area contributed by atoms with Crippen molar-refractivity contribution < 1.29 is 14.5 Å². The number of nitro benzene ring substituents is 1. The maximum absolute atomic E-state index is 11.9. The highest BCUT2D eigenvalue weighted by Crippen LogP contribution is 2.33. The number of nitrogens with two attached hydrogens (primary N) is 1. The molecule has 1 aromatic heterocycles. The van der Waals surface area contributed by atoms with Crippen LogP contribution in [-0.4, -0.2) is 33.9 Å². The van der Waals surface area contributed by atoms with Crippen LogP contribution in [-0.2, 0) is 0 Å². The van der Waals surface area contributed by atoms with E-state index in [0.29, 0.717) is 5.69 Å². The van der Waals surface area contributed by atoms with Crippen LogP contribution in [0.25, 0.3) is 0 Å².